The number of hydrogen-bond acceptors (Lipinski definition) is 4. The molecular weight excluding hydrogens is 394 g/mol. The van der Waals surface area contributed by atoms with Crippen LogP contribution in [0.5, 0.6) is 0 Å². The van der Waals surface area contributed by atoms with Gasteiger partial charge in [0.1, 0.15) is 0 Å². The molecule has 2 amide bonds. The lowest BCUT2D eigenvalue weighted by Gasteiger charge is -2.15. The van der Waals surface area contributed by atoms with Crippen LogP contribution >= 0.6 is 11.3 Å². The SMILES string of the molecule is O=C(Nc1nc(-c2ccc3c(c2)CCC3)cs1)c1ccc(CN2CCCC2=O)cc1. The number of rotatable bonds is 5. The second kappa shape index (κ2) is 8.03. The fourth-order valence-electron chi connectivity index (χ4n) is 4.22. The number of anilines is 1. The van der Waals surface area contributed by atoms with E-state index in [9.17, 15) is 9.59 Å². The lowest BCUT2D eigenvalue weighted by Crippen LogP contribution is -2.23. The molecule has 1 aliphatic carbocycles. The molecule has 0 saturated carbocycles. The van der Waals surface area contributed by atoms with Crippen LogP contribution in [0.4, 0.5) is 5.13 Å². The van der Waals surface area contributed by atoms with Crippen molar-refractivity contribution in [2.24, 2.45) is 0 Å². The Morgan fingerprint density at radius 1 is 1.03 bits per heavy atom. The molecule has 0 unspecified atom stereocenters. The Labute approximate surface area is 179 Å². The van der Waals surface area contributed by atoms with Gasteiger partial charge in [0.25, 0.3) is 5.91 Å². The highest BCUT2D eigenvalue weighted by Gasteiger charge is 2.20. The molecule has 5 nitrogen and oxygen atoms in total. The zero-order chi connectivity index (χ0) is 20.5. The second-order valence-corrected chi connectivity index (χ2v) is 8.80. The van der Waals surface area contributed by atoms with Gasteiger partial charge in [0, 0.05) is 36.0 Å². The van der Waals surface area contributed by atoms with E-state index < -0.39 is 0 Å². The summed E-state index contributed by atoms with van der Waals surface area (Å²) in [4.78, 5) is 30.9. The molecule has 1 aliphatic heterocycles. The Hall–Kier alpha value is -2.99. The van der Waals surface area contributed by atoms with Crippen molar-refractivity contribution in [3.63, 3.8) is 0 Å². The van der Waals surface area contributed by atoms with E-state index in [2.05, 4.69) is 28.5 Å². The van der Waals surface area contributed by atoms with Gasteiger partial charge in [-0.05, 0) is 60.6 Å². The number of nitrogens with zero attached hydrogens (tertiary/aromatic N) is 2. The summed E-state index contributed by atoms with van der Waals surface area (Å²) in [5.74, 6) is 0.0356. The summed E-state index contributed by atoms with van der Waals surface area (Å²) >= 11 is 1.44. The second-order valence-electron chi connectivity index (χ2n) is 7.94. The van der Waals surface area contributed by atoms with Gasteiger partial charge >= 0.3 is 0 Å². The number of benzene rings is 2. The van der Waals surface area contributed by atoms with E-state index in [1.807, 2.05) is 22.4 Å². The van der Waals surface area contributed by atoms with Crippen LogP contribution in [0.15, 0.2) is 47.8 Å². The van der Waals surface area contributed by atoms with Crippen LogP contribution in [-0.2, 0) is 24.2 Å². The van der Waals surface area contributed by atoms with Gasteiger partial charge in [-0.2, -0.15) is 0 Å². The van der Waals surface area contributed by atoms with Gasteiger partial charge < -0.3 is 4.90 Å². The number of aryl methyl sites for hydroxylation is 2. The number of likely N-dealkylation sites (tertiary alicyclic amines) is 1. The highest BCUT2D eigenvalue weighted by atomic mass is 32.1. The molecule has 2 aromatic carbocycles. The van der Waals surface area contributed by atoms with E-state index in [1.165, 1.54) is 35.3 Å². The molecule has 0 radical (unpaired) electrons. The Kier molecular flexibility index (Phi) is 5.09. The standard InChI is InChI=1S/C24H23N3O2S/c28-22-5-2-12-27(22)14-16-6-8-18(9-7-16)23(29)26-24-25-21(15-30-24)20-11-10-17-3-1-4-19(17)13-20/h6-11,13,15H,1-5,12,14H2,(H,25,26,29). The van der Waals surface area contributed by atoms with Crippen LogP contribution in [0.1, 0.15) is 46.3 Å². The summed E-state index contributed by atoms with van der Waals surface area (Å²) in [5, 5.41) is 5.49. The van der Waals surface area contributed by atoms with E-state index in [-0.39, 0.29) is 11.8 Å². The van der Waals surface area contributed by atoms with Crippen molar-refractivity contribution in [2.75, 3.05) is 11.9 Å². The van der Waals surface area contributed by atoms with Gasteiger partial charge in [0.15, 0.2) is 5.13 Å². The van der Waals surface area contributed by atoms with E-state index in [0.29, 0.717) is 23.7 Å². The monoisotopic (exact) mass is 417 g/mol. The minimum atomic E-state index is -0.173. The molecule has 0 spiro atoms. The fourth-order valence-corrected chi connectivity index (χ4v) is 4.93. The molecule has 2 heterocycles. The van der Waals surface area contributed by atoms with Crippen LogP contribution in [0.2, 0.25) is 0 Å². The average molecular weight is 418 g/mol. The van der Waals surface area contributed by atoms with Crippen molar-refractivity contribution >= 4 is 28.3 Å². The summed E-state index contributed by atoms with van der Waals surface area (Å²) in [6.45, 7) is 1.43. The molecule has 0 bridgehead atoms. The van der Waals surface area contributed by atoms with Gasteiger partial charge in [-0.1, -0.05) is 24.3 Å². The maximum absolute atomic E-state index is 12.6. The van der Waals surface area contributed by atoms with Gasteiger partial charge in [-0.3, -0.25) is 14.9 Å². The largest absolute Gasteiger partial charge is 0.338 e. The van der Waals surface area contributed by atoms with Crippen LogP contribution in [-0.4, -0.2) is 28.2 Å². The Morgan fingerprint density at radius 3 is 2.67 bits per heavy atom. The third kappa shape index (κ3) is 3.87. The van der Waals surface area contributed by atoms with E-state index in [0.717, 1.165) is 36.2 Å². The molecule has 1 aromatic heterocycles. The minimum absolute atomic E-state index is 0.173. The van der Waals surface area contributed by atoms with Crippen LogP contribution < -0.4 is 5.32 Å². The highest BCUT2D eigenvalue weighted by molar-refractivity contribution is 7.14. The third-order valence-electron chi connectivity index (χ3n) is 5.88. The van der Waals surface area contributed by atoms with Gasteiger partial charge in [0.2, 0.25) is 5.91 Å². The maximum Gasteiger partial charge on any atom is 0.257 e. The molecule has 30 heavy (non-hydrogen) atoms. The molecule has 2 aliphatic rings. The van der Waals surface area contributed by atoms with Crippen molar-refractivity contribution in [1.82, 2.24) is 9.88 Å². The van der Waals surface area contributed by atoms with Gasteiger partial charge in [-0.25, -0.2) is 4.98 Å². The molecule has 1 saturated heterocycles. The first-order chi connectivity index (χ1) is 14.7. The number of aromatic nitrogens is 1. The third-order valence-corrected chi connectivity index (χ3v) is 6.64. The highest BCUT2D eigenvalue weighted by Crippen LogP contribution is 2.30. The van der Waals surface area contributed by atoms with E-state index in [1.54, 1.807) is 12.1 Å². The van der Waals surface area contributed by atoms with Crippen molar-refractivity contribution in [2.45, 2.75) is 38.6 Å². The molecule has 6 heteroatoms. The summed E-state index contributed by atoms with van der Waals surface area (Å²) < 4.78 is 0. The molecular formula is C24H23N3O2S. The van der Waals surface area contributed by atoms with Crippen molar-refractivity contribution in [1.29, 1.82) is 0 Å². The molecule has 0 atom stereocenters. The summed E-state index contributed by atoms with van der Waals surface area (Å²) in [5.41, 5.74) is 6.49. The molecule has 1 fully saturated rings. The average Bonchev–Trinajstić information content (AvgIpc) is 3.50. The molecule has 1 N–H and O–H groups in total. The number of carbonyl (C=O) groups is 2. The van der Waals surface area contributed by atoms with Gasteiger partial charge in [-0.15, -0.1) is 11.3 Å². The lowest BCUT2D eigenvalue weighted by atomic mass is 10.1. The van der Waals surface area contributed by atoms with Crippen LogP contribution in [0, 0.1) is 0 Å². The summed E-state index contributed by atoms with van der Waals surface area (Å²) in [7, 11) is 0. The maximum atomic E-state index is 12.6. The number of amides is 2. The van der Waals surface area contributed by atoms with Crippen molar-refractivity contribution < 1.29 is 9.59 Å². The minimum Gasteiger partial charge on any atom is -0.338 e. The Bertz CT molecular complexity index is 1100. The Morgan fingerprint density at radius 2 is 1.87 bits per heavy atom. The topological polar surface area (TPSA) is 62.3 Å². The van der Waals surface area contributed by atoms with Crippen LogP contribution in [0.25, 0.3) is 11.3 Å². The predicted molar refractivity (Wildman–Crippen MR) is 119 cm³/mol. The first-order valence-electron chi connectivity index (χ1n) is 10.4. The zero-order valence-corrected chi connectivity index (χ0v) is 17.5. The Balaban J connectivity index is 1.24. The lowest BCUT2D eigenvalue weighted by molar-refractivity contribution is -0.128. The number of carbonyl (C=O) groups excluding carboxylic acids is 2. The van der Waals surface area contributed by atoms with Crippen molar-refractivity contribution in [3.05, 3.63) is 70.1 Å². The normalized spacial score (nSPS) is 15.5. The molecule has 3 aromatic rings. The van der Waals surface area contributed by atoms with Crippen molar-refractivity contribution in [3.8, 4) is 11.3 Å². The number of thiazole rings is 1. The summed E-state index contributed by atoms with van der Waals surface area (Å²) in [6, 6.07) is 14.0. The number of nitrogens with one attached hydrogen (secondary N) is 1. The van der Waals surface area contributed by atoms with Gasteiger partial charge in [0.05, 0.1) is 5.69 Å². The predicted octanol–water partition coefficient (Wildman–Crippen LogP) is 4.67. The van der Waals surface area contributed by atoms with Crippen LogP contribution in [0.3, 0.4) is 0 Å². The first kappa shape index (κ1) is 19.0. The number of hydrogen-bond donors (Lipinski definition) is 1. The van der Waals surface area contributed by atoms with E-state index in [4.69, 9.17) is 0 Å². The number of fused-ring (bicyclic) bond motifs is 1. The quantitative estimate of drug-likeness (QED) is 0.656. The molecule has 152 valence electrons. The smallest absolute Gasteiger partial charge is 0.257 e. The fraction of sp³-hybridized carbons (Fsp3) is 0.292. The molecule has 5 rings (SSSR count). The first-order valence-corrected chi connectivity index (χ1v) is 11.3. The summed E-state index contributed by atoms with van der Waals surface area (Å²) in [6.07, 6.45) is 5.10. The zero-order valence-electron chi connectivity index (χ0n) is 16.7. The van der Waals surface area contributed by atoms with E-state index >= 15 is 0 Å².